The number of nitrogens with zero attached hydrogens (tertiary/aromatic N) is 1. The topological polar surface area (TPSA) is 109 Å². The molecule has 0 aromatic heterocycles. The predicted molar refractivity (Wildman–Crippen MR) is 86.4 cm³/mol. The number of rotatable bonds is 5. The number of carbonyl (C=O) groups is 3. The van der Waals surface area contributed by atoms with Crippen LogP contribution in [0.3, 0.4) is 0 Å². The molecule has 1 fully saturated rings. The summed E-state index contributed by atoms with van der Waals surface area (Å²) in [5, 5.41) is 9.21. The van der Waals surface area contributed by atoms with Crippen LogP contribution < -0.4 is 16.1 Å². The number of nitrogens with one attached hydrogen (secondary N) is 3. The van der Waals surface area contributed by atoms with E-state index in [1.54, 1.807) is 19.1 Å². The molecule has 3 amide bonds. The Bertz CT molecular complexity index is 699. The lowest BCUT2D eigenvalue weighted by atomic mass is 10.0. The molecule has 2 atom stereocenters. The lowest BCUT2D eigenvalue weighted by molar-refractivity contribution is -0.122. The van der Waals surface area contributed by atoms with Gasteiger partial charge in [-0.2, -0.15) is 5.10 Å². The third-order valence-corrected chi connectivity index (χ3v) is 3.88. The highest BCUT2D eigenvalue weighted by atomic mass is 16.6. The predicted octanol–water partition coefficient (Wildman–Crippen LogP) is 0.841. The molecule has 3 rings (SSSR count). The average Bonchev–Trinajstić information content (AvgIpc) is 3.36. The smallest absolute Gasteiger partial charge is 0.407 e. The van der Waals surface area contributed by atoms with E-state index in [9.17, 15) is 14.4 Å². The number of carbonyl (C=O) groups excluding carboxylic acids is 3. The third kappa shape index (κ3) is 3.53. The fourth-order valence-corrected chi connectivity index (χ4v) is 2.59. The lowest BCUT2D eigenvalue weighted by Crippen LogP contribution is -2.29. The van der Waals surface area contributed by atoms with Crippen molar-refractivity contribution in [3.63, 3.8) is 0 Å². The maximum absolute atomic E-state index is 11.7. The first-order valence-electron chi connectivity index (χ1n) is 7.77. The molecular weight excluding hydrogens is 312 g/mol. The summed E-state index contributed by atoms with van der Waals surface area (Å²) in [7, 11) is 0. The fraction of sp³-hybridized carbons (Fsp3) is 0.375. The molecule has 1 saturated carbocycles. The van der Waals surface area contributed by atoms with Gasteiger partial charge < -0.3 is 15.4 Å². The van der Waals surface area contributed by atoms with Crippen LogP contribution >= 0.6 is 0 Å². The highest BCUT2D eigenvalue weighted by Crippen LogP contribution is 2.43. The van der Waals surface area contributed by atoms with Crippen LogP contribution in [-0.4, -0.2) is 36.8 Å². The minimum Gasteiger partial charge on any atom is -0.439 e. The van der Waals surface area contributed by atoms with Gasteiger partial charge in [-0.1, -0.05) is 12.1 Å². The molecule has 1 aliphatic heterocycles. The summed E-state index contributed by atoms with van der Waals surface area (Å²) in [4.78, 5) is 34.3. The van der Waals surface area contributed by atoms with Gasteiger partial charge in [-0.3, -0.25) is 9.59 Å². The van der Waals surface area contributed by atoms with E-state index in [2.05, 4.69) is 21.2 Å². The fourth-order valence-electron chi connectivity index (χ4n) is 2.59. The number of alkyl carbamates (subject to hydrolysis) is 1. The number of amides is 3. The Kier molecular flexibility index (Phi) is 4.45. The highest BCUT2D eigenvalue weighted by Gasteiger charge is 2.49. The number of hydrazone groups is 1. The summed E-state index contributed by atoms with van der Waals surface area (Å²) in [5.41, 5.74) is 4.91. The number of hydrogen-bond acceptors (Lipinski definition) is 5. The van der Waals surface area contributed by atoms with E-state index < -0.39 is 12.0 Å². The van der Waals surface area contributed by atoms with E-state index in [-0.39, 0.29) is 24.3 Å². The van der Waals surface area contributed by atoms with Crippen LogP contribution in [0.4, 0.5) is 10.5 Å². The van der Waals surface area contributed by atoms with Gasteiger partial charge in [0.05, 0.1) is 5.71 Å². The Labute approximate surface area is 138 Å². The third-order valence-electron chi connectivity index (χ3n) is 3.88. The second-order valence-electron chi connectivity index (χ2n) is 5.65. The quantitative estimate of drug-likeness (QED) is 0.743. The number of hydrogen-bond donors (Lipinski definition) is 3. The molecule has 0 saturated heterocycles. The molecule has 0 radical (unpaired) electrons. The van der Waals surface area contributed by atoms with Gasteiger partial charge in [-0.15, -0.1) is 0 Å². The number of fused-ring (bicyclic) bond motifs is 1. The van der Waals surface area contributed by atoms with E-state index >= 15 is 0 Å². The van der Waals surface area contributed by atoms with E-state index in [4.69, 9.17) is 4.74 Å². The molecule has 2 unspecified atom stereocenters. The minimum atomic E-state index is -0.626. The zero-order chi connectivity index (χ0) is 17.1. The SMILES string of the molecule is CCNC(=O)OCC(=O)Nc1ccc(C2=NNC(=O)C3CC23)cc1. The normalized spacial score (nSPS) is 21.0. The molecule has 1 heterocycles. The van der Waals surface area contributed by atoms with Gasteiger partial charge in [0.1, 0.15) is 0 Å². The summed E-state index contributed by atoms with van der Waals surface area (Å²) >= 11 is 0. The van der Waals surface area contributed by atoms with Crippen LogP contribution in [0, 0.1) is 11.8 Å². The molecule has 126 valence electrons. The molecule has 1 aromatic rings. The zero-order valence-electron chi connectivity index (χ0n) is 13.2. The summed E-state index contributed by atoms with van der Waals surface area (Å²) in [5.74, 6) is -0.189. The second kappa shape index (κ2) is 6.69. The van der Waals surface area contributed by atoms with Crippen molar-refractivity contribution in [2.45, 2.75) is 13.3 Å². The number of ether oxygens (including phenoxy) is 1. The standard InChI is InChI=1S/C16H18N4O4/c1-2-17-16(23)24-8-13(21)18-10-5-3-9(4-6-10)14-11-7-12(11)15(22)20-19-14/h3-6,11-12H,2,7-8H2,1H3,(H,17,23)(H,18,21)(H,20,22). The molecule has 24 heavy (non-hydrogen) atoms. The Morgan fingerprint density at radius 3 is 2.75 bits per heavy atom. The molecule has 0 bridgehead atoms. The van der Waals surface area contributed by atoms with Crippen LogP contribution in [0.5, 0.6) is 0 Å². The molecule has 2 aliphatic rings. The first-order chi connectivity index (χ1) is 11.6. The Hall–Kier alpha value is -2.90. The van der Waals surface area contributed by atoms with Gasteiger partial charge in [-0.25, -0.2) is 10.2 Å². The van der Waals surface area contributed by atoms with E-state index in [1.165, 1.54) is 0 Å². The largest absolute Gasteiger partial charge is 0.439 e. The van der Waals surface area contributed by atoms with Crippen LogP contribution in [-0.2, 0) is 14.3 Å². The molecule has 8 heteroatoms. The van der Waals surface area contributed by atoms with Crippen LogP contribution in [0.25, 0.3) is 0 Å². The number of anilines is 1. The van der Waals surface area contributed by atoms with Crippen molar-refractivity contribution < 1.29 is 19.1 Å². The van der Waals surface area contributed by atoms with Crippen LogP contribution in [0.2, 0.25) is 0 Å². The summed E-state index contributed by atoms with van der Waals surface area (Å²) in [6, 6.07) is 7.17. The van der Waals surface area contributed by atoms with Gasteiger partial charge >= 0.3 is 6.09 Å². The molecule has 3 N–H and O–H groups in total. The monoisotopic (exact) mass is 330 g/mol. The Balaban J connectivity index is 1.54. The molecule has 8 nitrogen and oxygen atoms in total. The minimum absolute atomic E-state index is 0.0141. The van der Waals surface area contributed by atoms with Crippen LogP contribution in [0.1, 0.15) is 18.9 Å². The highest BCUT2D eigenvalue weighted by molar-refractivity contribution is 6.09. The average molecular weight is 330 g/mol. The zero-order valence-corrected chi connectivity index (χ0v) is 13.2. The summed E-state index contributed by atoms with van der Waals surface area (Å²) in [6.07, 6.45) is 0.208. The Morgan fingerprint density at radius 1 is 1.29 bits per heavy atom. The molecular formula is C16H18N4O4. The van der Waals surface area contributed by atoms with Crippen LogP contribution in [0.15, 0.2) is 29.4 Å². The van der Waals surface area contributed by atoms with Gasteiger partial charge in [-0.05, 0) is 31.0 Å². The van der Waals surface area contributed by atoms with E-state index in [1.807, 2.05) is 12.1 Å². The summed E-state index contributed by atoms with van der Waals surface area (Å²) < 4.78 is 4.74. The van der Waals surface area contributed by atoms with Crippen molar-refractivity contribution in [3.8, 4) is 0 Å². The van der Waals surface area contributed by atoms with Crippen molar-refractivity contribution in [1.29, 1.82) is 0 Å². The van der Waals surface area contributed by atoms with Crippen molar-refractivity contribution in [2.24, 2.45) is 16.9 Å². The summed E-state index contributed by atoms with van der Waals surface area (Å²) in [6.45, 7) is 1.85. The maximum atomic E-state index is 11.7. The molecule has 1 aromatic carbocycles. The first-order valence-corrected chi connectivity index (χ1v) is 7.77. The maximum Gasteiger partial charge on any atom is 0.407 e. The van der Waals surface area contributed by atoms with E-state index in [0.717, 1.165) is 17.7 Å². The van der Waals surface area contributed by atoms with Gasteiger partial charge in [0.2, 0.25) is 5.91 Å². The number of benzene rings is 1. The van der Waals surface area contributed by atoms with Crippen molar-refractivity contribution in [3.05, 3.63) is 29.8 Å². The van der Waals surface area contributed by atoms with Crippen molar-refractivity contribution >= 4 is 29.3 Å². The van der Waals surface area contributed by atoms with Gasteiger partial charge in [0, 0.05) is 24.1 Å². The molecule has 0 spiro atoms. The van der Waals surface area contributed by atoms with Gasteiger partial charge in [0.25, 0.3) is 5.91 Å². The molecule has 1 aliphatic carbocycles. The second-order valence-corrected chi connectivity index (χ2v) is 5.65. The first kappa shape index (κ1) is 16.0. The lowest BCUT2D eigenvalue weighted by Gasteiger charge is -2.12. The van der Waals surface area contributed by atoms with Crippen molar-refractivity contribution in [1.82, 2.24) is 10.7 Å². The Morgan fingerprint density at radius 2 is 2.04 bits per heavy atom. The van der Waals surface area contributed by atoms with E-state index in [0.29, 0.717) is 12.2 Å². The van der Waals surface area contributed by atoms with Gasteiger partial charge in [0.15, 0.2) is 6.61 Å². The van der Waals surface area contributed by atoms with Crippen molar-refractivity contribution in [2.75, 3.05) is 18.5 Å².